The predicted molar refractivity (Wildman–Crippen MR) is 87.4 cm³/mol. The highest BCUT2D eigenvalue weighted by atomic mass is 16.5. The van der Waals surface area contributed by atoms with E-state index < -0.39 is 0 Å². The predicted octanol–water partition coefficient (Wildman–Crippen LogP) is 3.00. The first-order chi connectivity index (χ1) is 11.1. The molecule has 23 heavy (non-hydrogen) atoms. The van der Waals surface area contributed by atoms with Crippen LogP contribution in [-0.4, -0.2) is 24.8 Å². The number of amides is 1. The lowest BCUT2D eigenvalue weighted by Crippen LogP contribution is -2.28. The number of hydrogen-bond donors (Lipinski definition) is 1. The second-order valence-corrected chi connectivity index (χ2v) is 4.92. The number of furan rings is 1. The highest BCUT2D eigenvalue weighted by molar-refractivity contribution is 6.04. The van der Waals surface area contributed by atoms with Crippen LogP contribution in [0.4, 0.5) is 0 Å². The van der Waals surface area contributed by atoms with E-state index in [2.05, 4.69) is 5.32 Å². The number of ketones is 1. The molecule has 0 aliphatic heterocycles. The fourth-order valence-corrected chi connectivity index (χ4v) is 1.89. The zero-order chi connectivity index (χ0) is 16.7. The van der Waals surface area contributed by atoms with Gasteiger partial charge in [0, 0.05) is 6.54 Å². The second kappa shape index (κ2) is 7.98. The van der Waals surface area contributed by atoms with Gasteiger partial charge >= 0.3 is 0 Å². The second-order valence-electron chi connectivity index (χ2n) is 4.92. The minimum Gasteiger partial charge on any atom is -0.484 e. The fraction of sp³-hybridized carbons (Fsp3) is 0.222. The third kappa shape index (κ3) is 5.14. The van der Waals surface area contributed by atoms with Crippen LogP contribution in [0.2, 0.25) is 0 Å². The van der Waals surface area contributed by atoms with Crippen LogP contribution in [0, 0.1) is 6.92 Å². The maximum Gasteiger partial charge on any atom is 0.257 e. The zero-order valence-corrected chi connectivity index (χ0v) is 13.2. The van der Waals surface area contributed by atoms with Crippen molar-refractivity contribution < 1.29 is 18.7 Å². The van der Waals surface area contributed by atoms with E-state index >= 15 is 0 Å². The van der Waals surface area contributed by atoms with Crippen molar-refractivity contribution in [3.8, 4) is 5.75 Å². The first-order valence-electron chi connectivity index (χ1n) is 7.37. The standard InChI is InChI=1S/C18H19NO4/c1-3-19-18(21)12-22-15-8-5-14(6-9-15)7-10-16(20)17-11-4-13(2)23-17/h4-11H,3,12H2,1-2H3,(H,19,21)/b10-7-. The summed E-state index contributed by atoms with van der Waals surface area (Å²) in [5.74, 6) is 1.28. The summed E-state index contributed by atoms with van der Waals surface area (Å²) in [4.78, 5) is 23.2. The van der Waals surface area contributed by atoms with Gasteiger partial charge in [0.1, 0.15) is 11.5 Å². The summed E-state index contributed by atoms with van der Waals surface area (Å²) in [5.41, 5.74) is 0.854. The van der Waals surface area contributed by atoms with Gasteiger partial charge < -0.3 is 14.5 Å². The van der Waals surface area contributed by atoms with Crippen LogP contribution < -0.4 is 10.1 Å². The molecular weight excluding hydrogens is 294 g/mol. The number of aryl methyl sites for hydroxylation is 1. The Morgan fingerprint density at radius 2 is 1.91 bits per heavy atom. The molecule has 0 spiro atoms. The van der Waals surface area contributed by atoms with Gasteiger partial charge in [0.15, 0.2) is 12.4 Å². The van der Waals surface area contributed by atoms with Gasteiger partial charge in [-0.25, -0.2) is 0 Å². The van der Waals surface area contributed by atoms with Gasteiger partial charge in [-0.1, -0.05) is 18.2 Å². The Bertz CT molecular complexity index is 698. The highest BCUT2D eigenvalue weighted by Crippen LogP contribution is 2.14. The molecule has 1 heterocycles. The molecule has 0 bridgehead atoms. The van der Waals surface area contributed by atoms with Crippen molar-refractivity contribution in [2.45, 2.75) is 13.8 Å². The fourth-order valence-electron chi connectivity index (χ4n) is 1.89. The normalized spacial score (nSPS) is 10.7. The highest BCUT2D eigenvalue weighted by Gasteiger charge is 2.06. The van der Waals surface area contributed by atoms with Crippen molar-refractivity contribution in [1.82, 2.24) is 5.32 Å². The Morgan fingerprint density at radius 1 is 1.17 bits per heavy atom. The molecule has 0 unspecified atom stereocenters. The first-order valence-corrected chi connectivity index (χ1v) is 7.37. The lowest BCUT2D eigenvalue weighted by atomic mass is 10.2. The summed E-state index contributed by atoms with van der Waals surface area (Å²) < 4.78 is 10.6. The van der Waals surface area contributed by atoms with Crippen molar-refractivity contribution in [2.75, 3.05) is 13.2 Å². The Hall–Kier alpha value is -2.82. The SMILES string of the molecule is CCNC(=O)COc1ccc(/C=C\C(=O)c2ccc(C)o2)cc1. The Balaban J connectivity index is 1.90. The van der Waals surface area contributed by atoms with Gasteiger partial charge in [0.25, 0.3) is 5.91 Å². The van der Waals surface area contributed by atoms with Crippen molar-refractivity contribution in [3.05, 3.63) is 59.6 Å². The molecule has 0 aliphatic carbocycles. The summed E-state index contributed by atoms with van der Waals surface area (Å²) in [6, 6.07) is 10.5. The molecule has 1 aromatic heterocycles. The molecule has 0 aliphatic rings. The van der Waals surface area contributed by atoms with Gasteiger partial charge in [0.2, 0.25) is 5.78 Å². The molecule has 5 nitrogen and oxygen atoms in total. The third-order valence-electron chi connectivity index (χ3n) is 3.03. The molecule has 1 amide bonds. The molecule has 0 radical (unpaired) electrons. The van der Waals surface area contributed by atoms with E-state index in [1.807, 2.05) is 19.1 Å². The lowest BCUT2D eigenvalue weighted by molar-refractivity contribution is -0.122. The van der Waals surface area contributed by atoms with Gasteiger partial charge in [0.05, 0.1) is 0 Å². The van der Waals surface area contributed by atoms with E-state index in [0.29, 0.717) is 23.8 Å². The summed E-state index contributed by atoms with van der Waals surface area (Å²) >= 11 is 0. The summed E-state index contributed by atoms with van der Waals surface area (Å²) in [6.07, 6.45) is 3.16. The van der Waals surface area contributed by atoms with Crippen LogP contribution in [0.3, 0.4) is 0 Å². The van der Waals surface area contributed by atoms with Crippen LogP contribution in [-0.2, 0) is 4.79 Å². The minimum atomic E-state index is -0.185. The van der Waals surface area contributed by atoms with Crippen LogP contribution >= 0.6 is 0 Å². The quantitative estimate of drug-likeness (QED) is 0.630. The van der Waals surface area contributed by atoms with E-state index in [9.17, 15) is 9.59 Å². The minimum absolute atomic E-state index is 0.0145. The molecule has 2 rings (SSSR count). The average Bonchev–Trinajstić information content (AvgIpc) is 2.98. The summed E-state index contributed by atoms with van der Waals surface area (Å²) in [6.45, 7) is 4.21. The van der Waals surface area contributed by atoms with Gasteiger partial charge in [-0.3, -0.25) is 9.59 Å². The van der Waals surface area contributed by atoms with E-state index in [1.54, 1.807) is 37.3 Å². The molecule has 5 heteroatoms. The van der Waals surface area contributed by atoms with Crippen LogP contribution in [0.1, 0.15) is 28.8 Å². The van der Waals surface area contributed by atoms with E-state index in [1.165, 1.54) is 6.08 Å². The number of nitrogens with one attached hydrogen (secondary N) is 1. The Labute approximate surface area is 134 Å². The summed E-state index contributed by atoms with van der Waals surface area (Å²) in [7, 11) is 0. The van der Waals surface area contributed by atoms with Crippen molar-refractivity contribution in [3.63, 3.8) is 0 Å². The average molecular weight is 313 g/mol. The van der Waals surface area contributed by atoms with E-state index in [4.69, 9.17) is 9.15 Å². The van der Waals surface area contributed by atoms with E-state index in [-0.39, 0.29) is 18.3 Å². The molecule has 1 aromatic carbocycles. The molecule has 1 N–H and O–H groups in total. The third-order valence-corrected chi connectivity index (χ3v) is 3.03. The van der Waals surface area contributed by atoms with Gasteiger partial charge in [-0.2, -0.15) is 0 Å². The van der Waals surface area contributed by atoms with Crippen molar-refractivity contribution in [2.24, 2.45) is 0 Å². The first kappa shape index (κ1) is 16.5. The van der Waals surface area contributed by atoms with E-state index in [0.717, 1.165) is 5.56 Å². The number of carbonyl (C=O) groups excluding carboxylic acids is 2. The van der Waals surface area contributed by atoms with Crippen LogP contribution in [0.5, 0.6) is 5.75 Å². The molecule has 2 aromatic rings. The maximum absolute atomic E-state index is 11.9. The molecule has 0 saturated carbocycles. The Kier molecular flexibility index (Phi) is 5.74. The number of carbonyl (C=O) groups is 2. The lowest BCUT2D eigenvalue weighted by Gasteiger charge is -2.06. The maximum atomic E-state index is 11.9. The molecule has 0 atom stereocenters. The topological polar surface area (TPSA) is 68.5 Å². The number of likely N-dealkylation sites (N-methyl/N-ethyl adjacent to an activating group) is 1. The number of ether oxygens (including phenoxy) is 1. The van der Waals surface area contributed by atoms with Gasteiger partial charge in [-0.15, -0.1) is 0 Å². The van der Waals surface area contributed by atoms with Crippen LogP contribution in [0.15, 0.2) is 46.9 Å². The number of allylic oxidation sites excluding steroid dienone is 1. The number of benzene rings is 1. The van der Waals surface area contributed by atoms with Crippen LogP contribution in [0.25, 0.3) is 6.08 Å². The Morgan fingerprint density at radius 3 is 2.52 bits per heavy atom. The number of hydrogen-bond acceptors (Lipinski definition) is 4. The summed E-state index contributed by atoms with van der Waals surface area (Å²) in [5, 5.41) is 2.66. The number of rotatable bonds is 7. The molecule has 0 saturated heterocycles. The molecule has 120 valence electrons. The molecule has 0 fully saturated rings. The molecular formula is C18H19NO4. The largest absolute Gasteiger partial charge is 0.484 e. The smallest absolute Gasteiger partial charge is 0.257 e. The van der Waals surface area contributed by atoms with Crippen molar-refractivity contribution in [1.29, 1.82) is 0 Å². The van der Waals surface area contributed by atoms with Gasteiger partial charge in [-0.05, 0) is 49.8 Å². The van der Waals surface area contributed by atoms with Crippen molar-refractivity contribution >= 4 is 17.8 Å². The zero-order valence-electron chi connectivity index (χ0n) is 13.2. The monoisotopic (exact) mass is 313 g/mol.